The predicted molar refractivity (Wildman–Crippen MR) is 297 cm³/mol. The molecule has 368 valence electrons. The molecule has 0 radical (unpaired) electrons. The van der Waals surface area contributed by atoms with Crippen molar-refractivity contribution in [1.29, 1.82) is 0 Å². The normalized spacial score (nSPS) is 17.9. The Morgan fingerprint density at radius 2 is 0.814 bits per heavy atom. The Morgan fingerprint density at radius 3 is 1.26 bits per heavy atom. The van der Waals surface area contributed by atoms with E-state index in [2.05, 4.69) is 120 Å². The Kier molecular flexibility index (Phi) is 16.5. The summed E-state index contributed by atoms with van der Waals surface area (Å²) >= 11 is 0. The zero-order chi connectivity index (χ0) is 48.5. The number of benzene rings is 4. The highest BCUT2D eigenvalue weighted by Gasteiger charge is 2.62. The van der Waals surface area contributed by atoms with E-state index in [4.69, 9.17) is 19.9 Å². The van der Waals surface area contributed by atoms with Crippen molar-refractivity contribution in [3.63, 3.8) is 0 Å². The molecule has 0 N–H and O–H groups in total. The van der Waals surface area contributed by atoms with E-state index >= 15 is 0 Å². The van der Waals surface area contributed by atoms with Crippen molar-refractivity contribution in [2.75, 3.05) is 0 Å². The Labute approximate surface area is 423 Å². The Balaban J connectivity index is 1.13. The van der Waals surface area contributed by atoms with Crippen molar-refractivity contribution in [3.8, 4) is 56.5 Å². The van der Waals surface area contributed by atoms with E-state index < -0.39 is 0 Å². The van der Waals surface area contributed by atoms with Crippen LogP contribution in [0.5, 0.6) is 0 Å². The maximum Gasteiger partial charge on any atom is 0.165 e. The van der Waals surface area contributed by atoms with Gasteiger partial charge in [0.15, 0.2) is 17.5 Å². The fourth-order valence-corrected chi connectivity index (χ4v) is 13.5. The molecule has 70 heavy (non-hydrogen) atoms. The number of aryl methyl sites for hydroxylation is 4. The number of pyridine rings is 1. The summed E-state index contributed by atoms with van der Waals surface area (Å²) in [5, 5.41) is 0. The molecule has 0 saturated heterocycles. The van der Waals surface area contributed by atoms with Gasteiger partial charge in [0.2, 0.25) is 0 Å². The highest BCUT2D eigenvalue weighted by molar-refractivity contribution is 5.82. The molecule has 4 aromatic carbocycles. The molecule has 2 saturated carbocycles. The van der Waals surface area contributed by atoms with E-state index in [1.807, 2.05) is 6.20 Å². The van der Waals surface area contributed by atoms with Crippen LogP contribution in [0.4, 0.5) is 0 Å². The molecule has 3 aliphatic carbocycles. The molecule has 0 amide bonds. The summed E-state index contributed by atoms with van der Waals surface area (Å²) in [6.45, 7) is 13.9. The number of hydrogen-bond acceptors (Lipinski definition) is 4. The van der Waals surface area contributed by atoms with Gasteiger partial charge in [0.25, 0.3) is 0 Å². The number of rotatable bonds is 24. The first kappa shape index (κ1) is 50.0. The number of nitrogens with zero attached hydrogens (tertiary/aromatic N) is 4. The zero-order valence-electron chi connectivity index (χ0n) is 44.3. The van der Waals surface area contributed by atoms with Gasteiger partial charge in [0, 0.05) is 39.3 Å². The summed E-state index contributed by atoms with van der Waals surface area (Å²) in [5.74, 6) is 2.24. The van der Waals surface area contributed by atoms with Gasteiger partial charge in [-0.1, -0.05) is 154 Å². The number of unbranched alkanes of at least 4 members (excludes halogenated alkanes) is 12. The van der Waals surface area contributed by atoms with E-state index in [1.165, 1.54) is 191 Å². The number of hydrogen-bond donors (Lipinski definition) is 0. The second-order valence-corrected chi connectivity index (χ2v) is 22.0. The van der Waals surface area contributed by atoms with Crippen LogP contribution in [0.1, 0.15) is 213 Å². The summed E-state index contributed by atoms with van der Waals surface area (Å²) < 4.78 is 0. The quantitative estimate of drug-likeness (QED) is 0.0568. The molecule has 0 spiro atoms. The fraction of sp³-hybridized carbons (Fsp3) is 0.515. The average molecular weight is 933 g/mol. The minimum atomic E-state index is 0.228. The maximum absolute atomic E-state index is 5.49. The monoisotopic (exact) mass is 933 g/mol. The first-order chi connectivity index (χ1) is 34.3. The van der Waals surface area contributed by atoms with E-state index in [9.17, 15) is 0 Å². The second-order valence-electron chi connectivity index (χ2n) is 22.0. The van der Waals surface area contributed by atoms with Gasteiger partial charge in [-0.3, -0.25) is 4.98 Å². The van der Waals surface area contributed by atoms with Gasteiger partial charge >= 0.3 is 0 Å². The SMILES string of the molecule is CCCCCCc1cc(-c2nc(-c3ccc(-c4ccc5c(c4)C46CCCC4(CCC6)c4ccccc4-5)nc3)nc(-c3cc(CCCCCC)c(C)c(CCCCCC)c3)n2)cc(CCCCCC)c1C. The molecule has 2 aromatic heterocycles. The summed E-state index contributed by atoms with van der Waals surface area (Å²) in [5.41, 5.74) is 20.7. The summed E-state index contributed by atoms with van der Waals surface area (Å²) in [7, 11) is 0. The van der Waals surface area contributed by atoms with Crippen molar-refractivity contribution in [3.05, 3.63) is 130 Å². The van der Waals surface area contributed by atoms with Gasteiger partial charge in [-0.2, -0.15) is 0 Å². The molecule has 0 aliphatic heterocycles. The van der Waals surface area contributed by atoms with E-state index in [-0.39, 0.29) is 10.8 Å². The first-order valence-electron chi connectivity index (χ1n) is 28.6. The molecule has 0 atom stereocenters. The van der Waals surface area contributed by atoms with Crippen LogP contribution in [-0.2, 0) is 36.5 Å². The Hall–Kier alpha value is -4.96. The van der Waals surface area contributed by atoms with E-state index in [1.54, 1.807) is 11.1 Å². The van der Waals surface area contributed by atoms with E-state index in [0.29, 0.717) is 5.82 Å². The van der Waals surface area contributed by atoms with Crippen LogP contribution in [-0.4, -0.2) is 19.9 Å². The minimum Gasteiger partial charge on any atom is -0.255 e. The average Bonchev–Trinajstić information content (AvgIpc) is 3.97. The van der Waals surface area contributed by atoms with Crippen molar-refractivity contribution in [2.24, 2.45) is 0 Å². The lowest BCUT2D eigenvalue weighted by Crippen LogP contribution is -2.43. The van der Waals surface area contributed by atoms with Crippen molar-refractivity contribution in [1.82, 2.24) is 19.9 Å². The molecule has 3 aliphatic rings. The Morgan fingerprint density at radius 1 is 0.400 bits per heavy atom. The molecule has 4 heteroatoms. The molecule has 9 rings (SSSR count). The van der Waals surface area contributed by atoms with Crippen LogP contribution in [0.2, 0.25) is 0 Å². The van der Waals surface area contributed by atoms with Crippen LogP contribution >= 0.6 is 0 Å². The lowest BCUT2D eigenvalue weighted by Gasteiger charge is -2.48. The van der Waals surface area contributed by atoms with Gasteiger partial charge in [-0.15, -0.1) is 0 Å². The van der Waals surface area contributed by atoms with Gasteiger partial charge in [-0.05, 0) is 189 Å². The van der Waals surface area contributed by atoms with Gasteiger partial charge in [-0.25, -0.2) is 15.0 Å². The third kappa shape index (κ3) is 10.2. The Bertz CT molecular complexity index is 2530. The highest BCUT2D eigenvalue weighted by atomic mass is 15.0. The largest absolute Gasteiger partial charge is 0.255 e. The minimum absolute atomic E-state index is 0.228. The van der Waals surface area contributed by atoms with Gasteiger partial charge in [0.1, 0.15) is 0 Å². The molecule has 2 fully saturated rings. The summed E-state index contributed by atoms with van der Waals surface area (Å²) in [6, 6.07) is 30.7. The molecule has 4 nitrogen and oxygen atoms in total. The molecule has 0 unspecified atom stereocenters. The molecule has 6 aromatic rings. The number of aromatic nitrogens is 4. The molecule has 0 bridgehead atoms. The lowest BCUT2D eigenvalue weighted by atomic mass is 9.55. The van der Waals surface area contributed by atoms with Crippen molar-refractivity contribution < 1.29 is 0 Å². The second kappa shape index (κ2) is 23.1. The van der Waals surface area contributed by atoms with Crippen LogP contribution in [0, 0.1) is 13.8 Å². The molecular weight excluding hydrogens is 849 g/mol. The highest BCUT2D eigenvalue weighted by Crippen LogP contribution is 2.69. The summed E-state index contributed by atoms with van der Waals surface area (Å²) in [6.07, 6.45) is 34.3. The third-order valence-corrected chi connectivity index (χ3v) is 17.5. The first-order valence-corrected chi connectivity index (χ1v) is 28.6. The van der Waals surface area contributed by atoms with Crippen molar-refractivity contribution in [2.45, 2.75) is 219 Å². The van der Waals surface area contributed by atoms with Crippen LogP contribution in [0.15, 0.2) is 85.1 Å². The van der Waals surface area contributed by atoms with Crippen LogP contribution < -0.4 is 0 Å². The maximum atomic E-state index is 5.49. The van der Waals surface area contributed by atoms with Gasteiger partial charge < -0.3 is 0 Å². The molecule has 2 heterocycles. The van der Waals surface area contributed by atoms with Crippen LogP contribution in [0.25, 0.3) is 56.5 Å². The smallest absolute Gasteiger partial charge is 0.165 e. The van der Waals surface area contributed by atoms with Crippen molar-refractivity contribution >= 4 is 0 Å². The third-order valence-electron chi connectivity index (χ3n) is 17.5. The number of fused-ring (bicyclic) bond motifs is 3. The zero-order valence-corrected chi connectivity index (χ0v) is 44.3. The molecular formula is C66H84N4. The van der Waals surface area contributed by atoms with Crippen LogP contribution in [0.3, 0.4) is 0 Å². The lowest BCUT2D eigenvalue weighted by molar-refractivity contribution is 0.299. The standard InChI is InChI=1S/C66H84N4/c1-7-11-15-19-27-49-41-55(42-50(47(49)5)28-20-16-12-8-2)63-68-62(69-64(70-63)56-43-51(29-21-17-13-9-3)48(6)52(44-56)30-22-18-14-10-4)54-34-36-61(67-46-54)53-33-35-58-57-31-23-24-32-59(57)65-37-25-39-66(65,40-26-38-65)60(58)45-53/h23-24,31-36,41-46H,7-22,25-30,37-40H2,1-6H3. The van der Waals surface area contributed by atoms with Gasteiger partial charge in [0.05, 0.1) is 5.69 Å². The topological polar surface area (TPSA) is 51.6 Å². The van der Waals surface area contributed by atoms with E-state index in [0.717, 1.165) is 59.7 Å². The summed E-state index contributed by atoms with van der Waals surface area (Å²) in [4.78, 5) is 21.6. The fourth-order valence-electron chi connectivity index (χ4n) is 13.5. The predicted octanol–water partition coefficient (Wildman–Crippen LogP) is 18.6.